The second-order valence-corrected chi connectivity index (χ2v) is 6.11. The lowest BCUT2D eigenvalue weighted by Crippen LogP contribution is -2.34. The van der Waals surface area contributed by atoms with Crippen molar-refractivity contribution in [2.45, 2.75) is 63.5 Å². The average molecular weight is 221 g/mol. The van der Waals surface area contributed by atoms with Crippen molar-refractivity contribution in [2.75, 3.05) is 0 Å². The van der Waals surface area contributed by atoms with Crippen LogP contribution >= 0.6 is 0 Å². The first-order valence-electron chi connectivity index (χ1n) is 6.86. The van der Waals surface area contributed by atoms with Crippen LogP contribution in [0, 0.1) is 11.8 Å². The van der Waals surface area contributed by atoms with Gasteiger partial charge in [-0.05, 0) is 63.2 Å². The van der Waals surface area contributed by atoms with E-state index in [0.717, 1.165) is 24.7 Å². The molecule has 3 saturated carbocycles. The molecule has 2 heteroatoms. The highest BCUT2D eigenvalue weighted by molar-refractivity contribution is 5.28. The van der Waals surface area contributed by atoms with Crippen LogP contribution in [0.4, 0.5) is 0 Å². The highest BCUT2D eigenvalue weighted by Crippen LogP contribution is 2.48. The van der Waals surface area contributed by atoms with E-state index < -0.39 is 0 Å². The molecule has 3 fully saturated rings. The van der Waals surface area contributed by atoms with Gasteiger partial charge in [0.1, 0.15) is 0 Å². The van der Waals surface area contributed by atoms with Crippen molar-refractivity contribution in [2.24, 2.45) is 17.6 Å². The zero-order valence-electron chi connectivity index (χ0n) is 9.99. The maximum atomic E-state index is 9.28. The summed E-state index contributed by atoms with van der Waals surface area (Å²) in [6.45, 7) is 0. The van der Waals surface area contributed by atoms with E-state index >= 15 is 0 Å². The van der Waals surface area contributed by atoms with Gasteiger partial charge in [-0.15, -0.1) is 0 Å². The Hall–Kier alpha value is -0.340. The van der Waals surface area contributed by atoms with E-state index in [4.69, 9.17) is 5.73 Å². The molecular weight excluding hydrogens is 198 g/mol. The van der Waals surface area contributed by atoms with Gasteiger partial charge < -0.3 is 10.8 Å². The van der Waals surface area contributed by atoms with Gasteiger partial charge in [-0.3, -0.25) is 0 Å². The van der Waals surface area contributed by atoms with Crippen LogP contribution in [0.25, 0.3) is 0 Å². The lowest BCUT2D eigenvalue weighted by Gasteiger charge is -2.42. The predicted octanol–water partition coefficient (Wildman–Crippen LogP) is 2.37. The average Bonchev–Trinajstić information content (AvgIpc) is 2.16. The van der Waals surface area contributed by atoms with Gasteiger partial charge in [-0.1, -0.05) is 11.1 Å². The Morgan fingerprint density at radius 1 is 0.812 bits per heavy atom. The molecule has 0 spiro atoms. The Morgan fingerprint density at radius 2 is 1.38 bits per heavy atom. The first kappa shape index (κ1) is 10.8. The van der Waals surface area contributed by atoms with Gasteiger partial charge in [0.25, 0.3) is 0 Å². The molecule has 3 aliphatic carbocycles. The summed E-state index contributed by atoms with van der Waals surface area (Å²) in [5.41, 5.74) is 9.21. The highest BCUT2D eigenvalue weighted by atomic mass is 16.3. The van der Waals surface area contributed by atoms with Crippen LogP contribution in [-0.2, 0) is 0 Å². The number of hydrogen-bond donors (Lipinski definition) is 2. The smallest absolute Gasteiger partial charge is 0.0614 e. The fraction of sp³-hybridized carbons (Fsp3) is 0.857. The molecule has 0 amide bonds. The number of aliphatic hydroxyl groups excluding tert-OH is 1. The van der Waals surface area contributed by atoms with E-state index in [9.17, 15) is 5.11 Å². The Bertz CT molecular complexity index is 286. The fourth-order valence-electron chi connectivity index (χ4n) is 3.61. The number of allylic oxidation sites excluding steroid dienone is 1. The van der Waals surface area contributed by atoms with Gasteiger partial charge in [0.15, 0.2) is 0 Å². The van der Waals surface area contributed by atoms with E-state index in [1.54, 1.807) is 11.1 Å². The van der Waals surface area contributed by atoms with Crippen LogP contribution in [0.2, 0.25) is 0 Å². The van der Waals surface area contributed by atoms with Gasteiger partial charge in [0.05, 0.1) is 6.10 Å². The van der Waals surface area contributed by atoms with Gasteiger partial charge in [-0.2, -0.15) is 0 Å². The van der Waals surface area contributed by atoms with Crippen molar-refractivity contribution in [3.8, 4) is 0 Å². The van der Waals surface area contributed by atoms with Crippen molar-refractivity contribution in [1.29, 1.82) is 0 Å². The lowest BCUT2D eigenvalue weighted by molar-refractivity contribution is 0.128. The third-order valence-corrected chi connectivity index (χ3v) is 4.96. The lowest BCUT2D eigenvalue weighted by atomic mass is 9.64. The molecular formula is C14H23NO. The molecule has 16 heavy (non-hydrogen) atoms. The topological polar surface area (TPSA) is 46.2 Å². The van der Waals surface area contributed by atoms with Gasteiger partial charge in [0, 0.05) is 6.04 Å². The van der Waals surface area contributed by atoms with Gasteiger partial charge in [0.2, 0.25) is 0 Å². The van der Waals surface area contributed by atoms with E-state index in [0.29, 0.717) is 6.04 Å². The SMILES string of the molecule is NC1CCC(C2CC(=C3CC(O)C3)C2)CC1. The molecule has 2 nitrogen and oxygen atoms in total. The summed E-state index contributed by atoms with van der Waals surface area (Å²) in [5, 5.41) is 9.28. The predicted molar refractivity (Wildman–Crippen MR) is 64.9 cm³/mol. The molecule has 90 valence electrons. The summed E-state index contributed by atoms with van der Waals surface area (Å²) in [7, 11) is 0. The molecule has 0 aliphatic heterocycles. The van der Waals surface area contributed by atoms with Crippen molar-refractivity contribution < 1.29 is 5.11 Å². The second kappa shape index (κ2) is 4.15. The van der Waals surface area contributed by atoms with Gasteiger partial charge in [-0.25, -0.2) is 0 Å². The first-order chi connectivity index (χ1) is 7.72. The Morgan fingerprint density at radius 3 is 1.94 bits per heavy atom. The minimum atomic E-state index is -0.0192. The Labute approximate surface area is 97.9 Å². The Kier molecular flexibility index (Phi) is 2.80. The van der Waals surface area contributed by atoms with Crippen molar-refractivity contribution in [3.05, 3.63) is 11.1 Å². The minimum absolute atomic E-state index is 0.0192. The molecule has 0 bridgehead atoms. The van der Waals surface area contributed by atoms with Crippen molar-refractivity contribution in [1.82, 2.24) is 0 Å². The maximum absolute atomic E-state index is 9.28. The molecule has 0 saturated heterocycles. The molecule has 0 aromatic rings. The van der Waals surface area contributed by atoms with E-state index in [1.807, 2.05) is 0 Å². The quantitative estimate of drug-likeness (QED) is 0.668. The van der Waals surface area contributed by atoms with Gasteiger partial charge >= 0.3 is 0 Å². The van der Waals surface area contributed by atoms with Crippen LogP contribution in [0.1, 0.15) is 51.4 Å². The molecule has 0 unspecified atom stereocenters. The summed E-state index contributed by atoms with van der Waals surface area (Å²) in [6.07, 6.45) is 9.79. The van der Waals surface area contributed by atoms with Crippen LogP contribution in [0.3, 0.4) is 0 Å². The molecule has 0 aromatic carbocycles. The number of nitrogens with two attached hydrogens (primary N) is 1. The number of aliphatic hydroxyl groups is 1. The van der Waals surface area contributed by atoms with Crippen LogP contribution in [-0.4, -0.2) is 17.3 Å². The molecule has 3 rings (SSSR count). The van der Waals surface area contributed by atoms with E-state index in [-0.39, 0.29) is 6.10 Å². The van der Waals surface area contributed by atoms with E-state index in [1.165, 1.54) is 38.5 Å². The molecule has 0 atom stereocenters. The summed E-state index contributed by atoms with van der Waals surface area (Å²) >= 11 is 0. The Balaban J connectivity index is 1.48. The standard InChI is InChI=1S/C14H23NO/c15-13-3-1-9(2-4-13)10-5-11(6-10)12-7-14(16)8-12/h9-10,13-14,16H,1-8,15H2. The molecule has 0 aromatic heterocycles. The van der Waals surface area contributed by atoms with Crippen molar-refractivity contribution in [3.63, 3.8) is 0 Å². The maximum Gasteiger partial charge on any atom is 0.0614 e. The van der Waals surface area contributed by atoms with Crippen LogP contribution in [0.15, 0.2) is 11.1 Å². The largest absolute Gasteiger partial charge is 0.392 e. The fourth-order valence-corrected chi connectivity index (χ4v) is 3.61. The molecule has 0 radical (unpaired) electrons. The molecule has 3 aliphatic rings. The normalized spacial score (nSPS) is 43.9. The monoisotopic (exact) mass is 221 g/mol. The third-order valence-electron chi connectivity index (χ3n) is 4.96. The first-order valence-corrected chi connectivity index (χ1v) is 6.86. The zero-order valence-corrected chi connectivity index (χ0v) is 9.99. The zero-order chi connectivity index (χ0) is 11.1. The van der Waals surface area contributed by atoms with Crippen LogP contribution < -0.4 is 5.73 Å². The second-order valence-electron chi connectivity index (χ2n) is 6.11. The van der Waals surface area contributed by atoms with E-state index in [2.05, 4.69) is 0 Å². The third kappa shape index (κ3) is 1.93. The number of rotatable bonds is 1. The molecule has 0 heterocycles. The summed E-state index contributed by atoms with van der Waals surface area (Å²) in [5.74, 6) is 1.90. The summed E-state index contributed by atoms with van der Waals surface area (Å²) in [6, 6.07) is 0.482. The molecule has 3 N–H and O–H groups in total. The summed E-state index contributed by atoms with van der Waals surface area (Å²) < 4.78 is 0. The highest BCUT2D eigenvalue weighted by Gasteiger charge is 2.36. The van der Waals surface area contributed by atoms with Crippen molar-refractivity contribution >= 4 is 0 Å². The number of hydrogen-bond acceptors (Lipinski definition) is 2. The van der Waals surface area contributed by atoms with Crippen LogP contribution in [0.5, 0.6) is 0 Å². The minimum Gasteiger partial charge on any atom is -0.392 e. The summed E-state index contributed by atoms with van der Waals surface area (Å²) in [4.78, 5) is 0.